The van der Waals surface area contributed by atoms with Crippen molar-refractivity contribution in [1.29, 1.82) is 0 Å². The topological polar surface area (TPSA) is 55.3 Å². The van der Waals surface area contributed by atoms with Crippen molar-refractivity contribution in [1.82, 2.24) is 9.99 Å². The van der Waals surface area contributed by atoms with E-state index in [1.807, 2.05) is 36.6 Å². The first kappa shape index (κ1) is 15.8. The Hall–Kier alpha value is -1.56. The number of hydrazone groups is 1. The molecule has 0 bridgehead atoms. The Morgan fingerprint density at radius 1 is 1.38 bits per heavy atom. The van der Waals surface area contributed by atoms with Gasteiger partial charge in [-0.05, 0) is 44.3 Å². The van der Waals surface area contributed by atoms with E-state index < -0.39 is 0 Å². The summed E-state index contributed by atoms with van der Waals surface area (Å²) in [5.74, 6) is 0. The largest absolute Gasteiger partial charge is 0.375 e. The Labute approximate surface area is 138 Å². The van der Waals surface area contributed by atoms with Crippen molar-refractivity contribution in [2.75, 3.05) is 0 Å². The Balaban J connectivity index is 2.47. The third kappa shape index (κ3) is 3.37. The maximum Gasteiger partial charge on any atom is 0.184 e. The minimum absolute atomic E-state index is 0.123. The molecule has 1 heterocycles. The van der Waals surface area contributed by atoms with Crippen LogP contribution in [0.1, 0.15) is 17.0 Å². The summed E-state index contributed by atoms with van der Waals surface area (Å²) in [6, 6.07) is 7.54. The van der Waals surface area contributed by atoms with Crippen molar-refractivity contribution in [2.24, 2.45) is 10.8 Å². The molecular formula is C14H14Cl2N4S. The molecule has 7 heteroatoms. The molecule has 0 amide bonds. The van der Waals surface area contributed by atoms with Crippen molar-refractivity contribution in [3.63, 3.8) is 0 Å². The highest BCUT2D eigenvalue weighted by molar-refractivity contribution is 7.80. The lowest BCUT2D eigenvalue weighted by atomic mass is 10.2. The molecule has 0 saturated carbocycles. The molecule has 2 aromatic rings. The maximum atomic E-state index is 6.29. The second-order valence-corrected chi connectivity index (χ2v) is 5.69. The van der Waals surface area contributed by atoms with Crippen LogP contribution >= 0.6 is 35.4 Å². The number of nitrogens with two attached hydrogens (primary N) is 1. The van der Waals surface area contributed by atoms with Gasteiger partial charge in [-0.1, -0.05) is 29.3 Å². The van der Waals surface area contributed by atoms with Gasteiger partial charge in [0.1, 0.15) is 0 Å². The van der Waals surface area contributed by atoms with E-state index in [1.54, 1.807) is 12.3 Å². The number of hydrogen-bond acceptors (Lipinski definition) is 2. The first-order valence-corrected chi connectivity index (χ1v) is 7.30. The number of aryl methyl sites for hydroxylation is 1. The maximum absolute atomic E-state index is 6.29. The Morgan fingerprint density at radius 3 is 2.76 bits per heavy atom. The summed E-state index contributed by atoms with van der Waals surface area (Å²) in [5.41, 5.74) is 11.6. The summed E-state index contributed by atoms with van der Waals surface area (Å²) in [4.78, 5) is 0. The predicted molar refractivity (Wildman–Crippen MR) is 92.8 cm³/mol. The molecule has 0 atom stereocenters. The van der Waals surface area contributed by atoms with Crippen molar-refractivity contribution < 1.29 is 0 Å². The van der Waals surface area contributed by atoms with Crippen LogP contribution in [0.2, 0.25) is 10.0 Å². The lowest BCUT2D eigenvalue weighted by Gasteiger charge is -2.12. The van der Waals surface area contributed by atoms with Gasteiger partial charge in [-0.3, -0.25) is 5.43 Å². The van der Waals surface area contributed by atoms with E-state index in [9.17, 15) is 0 Å². The monoisotopic (exact) mass is 340 g/mol. The molecule has 4 nitrogen and oxygen atoms in total. The van der Waals surface area contributed by atoms with Crippen LogP contribution in [0.15, 0.2) is 29.4 Å². The van der Waals surface area contributed by atoms with Crippen LogP contribution in [0.3, 0.4) is 0 Å². The standard InChI is InChI=1S/C14H14Cl2N4S/c1-8-6-10(7-18-19-14(17)21)9(2)20(8)12-5-3-4-11(15)13(12)16/h3-7H,1-2H3,(H3,17,19,21)/b18-7-. The lowest BCUT2D eigenvalue weighted by Crippen LogP contribution is -2.24. The Kier molecular flexibility index (Phi) is 4.88. The Bertz CT molecular complexity index is 722. The average molecular weight is 341 g/mol. The highest BCUT2D eigenvalue weighted by Gasteiger charge is 2.13. The summed E-state index contributed by atoms with van der Waals surface area (Å²) >= 11 is 17.1. The summed E-state index contributed by atoms with van der Waals surface area (Å²) in [6.45, 7) is 3.97. The number of hydrogen-bond donors (Lipinski definition) is 2. The van der Waals surface area contributed by atoms with Crippen LogP contribution in [-0.2, 0) is 0 Å². The van der Waals surface area contributed by atoms with E-state index in [4.69, 9.17) is 41.2 Å². The van der Waals surface area contributed by atoms with Crippen molar-refractivity contribution >= 4 is 46.7 Å². The fourth-order valence-electron chi connectivity index (χ4n) is 2.12. The fraction of sp³-hybridized carbons (Fsp3) is 0.143. The molecule has 0 radical (unpaired) electrons. The van der Waals surface area contributed by atoms with Crippen LogP contribution < -0.4 is 11.2 Å². The summed E-state index contributed by atoms with van der Waals surface area (Å²) in [5, 5.41) is 5.14. The third-order valence-electron chi connectivity index (χ3n) is 3.02. The van der Waals surface area contributed by atoms with Gasteiger partial charge >= 0.3 is 0 Å². The molecule has 0 aliphatic carbocycles. The van der Waals surface area contributed by atoms with E-state index in [0.717, 1.165) is 22.6 Å². The molecule has 3 N–H and O–H groups in total. The van der Waals surface area contributed by atoms with Gasteiger partial charge in [0, 0.05) is 17.0 Å². The van der Waals surface area contributed by atoms with E-state index in [2.05, 4.69) is 10.5 Å². The van der Waals surface area contributed by atoms with Crippen LogP contribution in [0.5, 0.6) is 0 Å². The number of nitrogens with zero attached hydrogens (tertiary/aromatic N) is 2. The van der Waals surface area contributed by atoms with Crippen molar-refractivity contribution in [3.05, 3.63) is 51.3 Å². The zero-order valence-corrected chi connectivity index (χ0v) is 13.9. The van der Waals surface area contributed by atoms with Crippen LogP contribution in [0.25, 0.3) is 5.69 Å². The SMILES string of the molecule is Cc1cc(/C=N\NC(N)=S)c(C)n1-c1cccc(Cl)c1Cl. The molecule has 1 aromatic carbocycles. The van der Waals surface area contributed by atoms with Crippen molar-refractivity contribution in [2.45, 2.75) is 13.8 Å². The van der Waals surface area contributed by atoms with E-state index in [1.165, 1.54) is 0 Å². The van der Waals surface area contributed by atoms with E-state index in [-0.39, 0.29) is 5.11 Å². The minimum Gasteiger partial charge on any atom is -0.375 e. The summed E-state index contributed by atoms with van der Waals surface area (Å²) in [7, 11) is 0. The molecule has 0 aliphatic heterocycles. The molecule has 21 heavy (non-hydrogen) atoms. The molecule has 2 rings (SSSR count). The number of aromatic nitrogens is 1. The highest BCUT2D eigenvalue weighted by Crippen LogP contribution is 2.31. The third-order valence-corrected chi connectivity index (χ3v) is 3.92. The number of rotatable bonds is 3. The van der Waals surface area contributed by atoms with Gasteiger partial charge in [0.15, 0.2) is 5.11 Å². The zero-order valence-electron chi connectivity index (χ0n) is 11.5. The second kappa shape index (κ2) is 6.47. The Morgan fingerprint density at radius 2 is 2.10 bits per heavy atom. The smallest absolute Gasteiger partial charge is 0.184 e. The minimum atomic E-state index is 0.123. The zero-order chi connectivity index (χ0) is 15.6. The van der Waals surface area contributed by atoms with E-state index in [0.29, 0.717) is 10.0 Å². The first-order chi connectivity index (χ1) is 9.91. The highest BCUT2D eigenvalue weighted by atomic mass is 35.5. The predicted octanol–water partition coefficient (Wildman–Crippen LogP) is 3.57. The number of nitrogens with one attached hydrogen (secondary N) is 1. The first-order valence-electron chi connectivity index (χ1n) is 6.13. The fourth-order valence-corrected chi connectivity index (χ4v) is 2.55. The quantitative estimate of drug-likeness (QED) is 0.510. The van der Waals surface area contributed by atoms with Crippen LogP contribution in [0, 0.1) is 13.8 Å². The summed E-state index contributed by atoms with van der Waals surface area (Å²) < 4.78 is 2.02. The normalized spacial score (nSPS) is 11.0. The molecule has 1 aromatic heterocycles. The molecule has 0 unspecified atom stereocenters. The summed E-state index contributed by atoms with van der Waals surface area (Å²) in [6.07, 6.45) is 1.66. The molecule has 0 aliphatic rings. The number of halogens is 2. The van der Waals surface area contributed by atoms with Gasteiger partial charge in [-0.15, -0.1) is 0 Å². The average Bonchev–Trinajstić information content (AvgIpc) is 2.68. The van der Waals surface area contributed by atoms with Gasteiger partial charge < -0.3 is 10.3 Å². The van der Waals surface area contributed by atoms with E-state index >= 15 is 0 Å². The van der Waals surface area contributed by atoms with Gasteiger partial charge in [-0.2, -0.15) is 5.10 Å². The second-order valence-electron chi connectivity index (χ2n) is 4.47. The van der Waals surface area contributed by atoms with Gasteiger partial charge in [0.05, 0.1) is 21.9 Å². The number of thiocarbonyl (C=S) groups is 1. The molecule has 0 saturated heterocycles. The van der Waals surface area contributed by atoms with Crippen LogP contribution in [0.4, 0.5) is 0 Å². The number of benzene rings is 1. The van der Waals surface area contributed by atoms with Crippen LogP contribution in [-0.4, -0.2) is 15.9 Å². The molecular weight excluding hydrogens is 327 g/mol. The molecule has 0 spiro atoms. The van der Waals surface area contributed by atoms with Gasteiger partial charge in [-0.25, -0.2) is 0 Å². The molecule has 110 valence electrons. The van der Waals surface area contributed by atoms with Gasteiger partial charge in [0.25, 0.3) is 0 Å². The lowest BCUT2D eigenvalue weighted by molar-refractivity contribution is 0.964. The molecule has 0 fully saturated rings. The van der Waals surface area contributed by atoms with Crippen molar-refractivity contribution in [3.8, 4) is 5.69 Å². The van der Waals surface area contributed by atoms with Gasteiger partial charge in [0.2, 0.25) is 0 Å².